The first kappa shape index (κ1) is 26.3. The minimum absolute atomic E-state index is 0.00982. The van der Waals surface area contributed by atoms with Gasteiger partial charge >= 0.3 is 0 Å². The van der Waals surface area contributed by atoms with Gasteiger partial charge in [-0.2, -0.15) is 0 Å². The minimum Gasteiger partial charge on any atom is -0.489 e. The number of halogens is 1. The largest absolute Gasteiger partial charge is 0.489 e. The molecule has 1 aromatic heterocycles. The zero-order valence-electron chi connectivity index (χ0n) is 20.0. The highest BCUT2D eigenvalue weighted by atomic mass is 79.9. The van der Waals surface area contributed by atoms with Crippen LogP contribution in [-0.4, -0.2) is 31.1 Å². The van der Waals surface area contributed by atoms with Crippen molar-refractivity contribution >= 4 is 37.7 Å². The molecular formula is C27H25BrN4O4S. The zero-order valence-corrected chi connectivity index (χ0v) is 22.4. The lowest BCUT2D eigenvalue weighted by Gasteiger charge is -2.23. The number of benzene rings is 3. The van der Waals surface area contributed by atoms with Gasteiger partial charge in [-0.15, -0.1) is 10.2 Å². The van der Waals surface area contributed by atoms with Crippen LogP contribution in [0.25, 0.3) is 0 Å². The van der Waals surface area contributed by atoms with E-state index in [1.54, 1.807) is 24.3 Å². The maximum atomic E-state index is 12.5. The number of aromatic nitrogens is 2. The minimum atomic E-state index is -4.01. The first-order valence-electron chi connectivity index (χ1n) is 11.5. The first-order valence-corrected chi connectivity index (χ1v) is 13.8. The van der Waals surface area contributed by atoms with E-state index >= 15 is 0 Å². The van der Waals surface area contributed by atoms with Crippen molar-refractivity contribution in [1.82, 2.24) is 14.9 Å². The lowest BCUT2D eigenvalue weighted by atomic mass is 10.1. The number of carbonyl (C=O) groups is 1. The van der Waals surface area contributed by atoms with Crippen LogP contribution in [0.5, 0.6) is 5.75 Å². The zero-order chi connectivity index (χ0) is 26.3. The number of sulfonamides is 1. The second-order valence-corrected chi connectivity index (χ2v) is 10.7. The molecule has 190 valence electrons. The monoisotopic (exact) mass is 580 g/mol. The molecule has 3 aromatic carbocycles. The van der Waals surface area contributed by atoms with Gasteiger partial charge in [0.2, 0.25) is 0 Å². The van der Waals surface area contributed by atoms with Crippen LogP contribution in [0.1, 0.15) is 28.5 Å². The Labute approximate surface area is 224 Å². The van der Waals surface area contributed by atoms with Crippen molar-refractivity contribution in [2.45, 2.75) is 25.0 Å². The van der Waals surface area contributed by atoms with Crippen molar-refractivity contribution in [3.05, 3.63) is 112 Å². The second kappa shape index (κ2) is 12.0. The molecule has 0 saturated carbocycles. The van der Waals surface area contributed by atoms with E-state index in [2.05, 4.69) is 26.1 Å². The predicted molar refractivity (Wildman–Crippen MR) is 145 cm³/mol. The van der Waals surface area contributed by atoms with Gasteiger partial charge in [0.15, 0.2) is 11.5 Å². The van der Waals surface area contributed by atoms with Crippen LogP contribution < -0.4 is 14.4 Å². The molecule has 1 N–H and O–H groups in total. The Balaban J connectivity index is 1.47. The smallest absolute Gasteiger partial charge is 0.285 e. The number of nitrogens with zero attached hydrogens (tertiary/aromatic N) is 3. The summed E-state index contributed by atoms with van der Waals surface area (Å²) in [5.74, 6) is 0.439. The topological polar surface area (TPSA) is 101 Å². The Morgan fingerprint density at radius 2 is 1.65 bits per heavy atom. The third-order valence-corrected chi connectivity index (χ3v) is 7.33. The molecule has 0 radical (unpaired) electrons. The number of nitrogens with one attached hydrogen (secondary N) is 1. The van der Waals surface area contributed by atoms with Crippen LogP contribution in [0.15, 0.2) is 100 Å². The molecule has 0 aliphatic heterocycles. The van der Waals surface area contributed by atoms with Crippen molar-refractivity contribution in [3.63, 3.8) is 0 Å². The molecular weight excluding hydrogens is 556 g/mol. The summed E-state index contributed by atoms with van der Waals surface area (Å²) in [6, 6.07) is 26.5. The van der Waals surface area contributed by atoms with Gasteiger partial charge in [0, 0.05) is 23.1 Å². The van der Waals surface area contributed by atoms with Crippen molar-refractivity contribution in [2.24, 2.45) is 0 Å². The molecule has 10 heteroatoms. The SMILES string of the molecule is CCN(Cc1cc(Br)ccc1OCc1ccccc1)c1ccc(C(=O)NS(=O)(=O)c2ccccc2)nn1. The third kappa shape index (κ3) is 6.93. The highest BCUT2D eigenvalue weighted by molar-refractivity contribution is 9.10. The number of hydrogen-bond donors (Lipinski definition) is 1. The van der Waals surface area contributed by atoms with Gasteiger partial charge in [0.25, 0.3) is 15.9 Å². The standard InChI is InChI=1S/C27H25BrN4O4S/c1-2-32(18-21-17-22(28)13-15-25(21)36-19-20-9-5-3-6-10-20)26-16-14-24(29-30-26)27(33)31-37(34,35)23-11-7-4-8-12-23/h3-17H,2,18-19H2,1H3,(H,31,33). The molecule has 37 heavy (non-hydrogen) atoms. The molecule has 0 fully saturated rings. The third-order valence-electron chi connectivity index (χ3n) is 5.49. The highest BCUT2D eigenvalue weighted by Crippen LogP contribution is 2.27. The van der Waals surface area contributed by atoms with Crippen LogP contribution in [0.4, 0.5) is 5.82 Å². The summed E-state index contributed by atoms with van der Waals surface area (Å²) in [7, 11) is -4.01. The Morgan fingerprint density at radius 1 is 0.946 bits per heavy atom. The summed E-state index contributed by atoms with van der Waals surface area (Å²) >= 11 is 3.53. The van der Waals surface area contributed by atoms with Gasteiger partial charge in [-0.1, -0.05) is 64.5 Å². The average Bonchev–Trinajstić information content (AvgIpc) is 2.92. The van der Waals surface area contributed by atoms with Gasteiger partial charge in [-0.3, -0.25) is 4.79 Å². The maximum Gasteiger partial charge on any atom is 0.285 e. The number of ether oxygens (including phenoxy) is 1. The number of carbonyl (C=O) groups excluding carboxylic acids is 1. The van der Waals surface area contributed by atoms with Crippen molar-refractivity contribution in [3.8, 4) is 5.75 Å². The molecule has 0 atom stereocenters. The number of amides is 1. The second-order valence-electron chi connectivity index (χ2n) is 8.06. The fourth-order valence-corrected chi connectivity index (χ4v) is 4.95. The molecule has 0 bridgehead atoms. The Kier molecular flexibility index (Phi) is 8.52. The lowest BCUT2D eigenvalue weighted by Crippen LogP contribution is -2.31. The molecule has 4 rings (SSSR count). The van der Waals surface area contributed by atoms with E-state index < -0.39 is 15.9 Å². The van der Waals surface area contributed by atoms with E-state index in [-0.39, 0.29) is 10.6 Å². The molecule has 4 aromatic rings. The molecule has 0 unspecified atom stereocenters. The van der Waals surface area contributed by atoms with E-state index in [1.807, 2.05) is 65.1 Å². The summed E-state index contributed by atoms with van der Waals surface area (Å²) in [6.45, 7) is 3.53. The summed E-state index contributed by atoms with van der Waals surface area (Å²) in [5, 5.41) is 8.16. The highest BCUT2D eigenvalue weighted by Gasteiger charge is 2.20. The average molecular weight is 581 g/mol. The van der Waals surface area contributed by atoms with Crippen molar-refractivity contribution in [1.29, 1.82) is 0 Å². The normalized spacial score (nSPS) is 11.1. The van der Waals surface area contributed by atoms with E-state index in [9.17, 15) is 13.2 Å². The van der Waals surface area contributed by atoms with Crippen LogP contribution in [0.3, 0.4) is 0 Å². The summed E-state index contributed by atoms with van der Waals surface area (Å²) in [5.41, 5.74) is 1.91. The van der Waals surface area contributed by atoms with Gasteiger partial charge in [-0.05, 0) is 55.0 Å². The Bertz CT molecular complexity index is 1450. The van der Waals surface area contributed by atoms with Crippen LogP contribution in [-0.2, 0) is 23.2 Å². The molecule has 1 heterocycles. The number of rotatable bonds is 10. The summed E-state index contributed by atoms with van der Waals surface area (Å²) in [6.07, 6.45) is 0. The number of anilines is 1. The van der Waals surface area contributed by atoms with Crippen LogP contribution >= 0.6 is 15.9 Å². The Hall–Kier alpha value is -3.76. The molecule has 0 aliphatic carbocycles. The van der Waals surface area contributed by atoms with Gasteiger partial charge < -0.3 is 9.64 Å². The van der Waals surface area contributed by atoms with Crippen LogP contribution in [0, 0.1) is 0 Å². The molecule has 1 amide bonds. The predicted octanol–water partition coefficient (Wildman–Crippen LogP) is 4.96. The first-order chi connectivity index (χ1) is 17.9. The van der Waals surface area contributed by atoms with Gasteiger partial charge in [-0.25, -0.2) is 13.1 Å². The van der Waals surface area contributed by atoms with E-state index in [1.165, 1.54) is 18.2 Å². The molecule has 8 nitrogen and oxygen atoms in total. The fourth-order valence-electron chi connectivity index (χ4n) is 3.56. The van der Waals surface area contributed by atoms with Crippen molar-refractivity contribution in [2.75, 3.05) is 11.4 Å². The maximum absolute atomic E-state index is 12.5. The molecule has 0 saturated heterocycles. The van der Waals surface area contributed by atoms with Crippen LogP contribution in [0.2, 0.25) is 0 Å². The fraction of sp³-hybridized carbons (Fsp3) is 0.148. The summed E-state index contributed by atoms with van der Waals surface area (Å²) in [4.78, 5) is 14.5. The molecule has 0 aliphatic rings. The van der Waals surface area contributed by atoms with E-state index in [0.29, 0.717) is 25.5 Å². The molecule has 0 spiro atoms. The van der Waals surface area contributed by atoms with Gasteiger partial charge in [0.1, 0.15) is 12.4 Å². The van der Waals surface area contributed by atoms with Crippen molar-refractivity contribution < 1.29 is 17.9 Å². The summed E-state index contributed by atoms with van der Waals surface area (Å²) < 4.78 is 33.9. The lowest BCUT2D eigenvalue weighted by molar-refractivity contribution is 0.0975. The Morgan fingerprint density at radius 3 is 2.30 bits per heavy atom. The van der Waals surface area contributed by atoms with Gasteiger partial charge in [0.05, 0.1) is 4.90 Å². The van der Waals surface area contributed by atoms with E-state index in [4.69, 9.17) is 4.74 Å². The number of hydrogen-bond acceptors (Lipinski definition) is 7. The van der Waals surface area contributed by atoms with E-state index in [0.717, 1.165) is 21.3 Å². The quantitative estimate of drug-likeness (QED) is 0.283.